The summed E-state index contributed by atoms with van der Waals surface area (Å²) in [6.07, 6.45) is 0.987. The van der Waals surface area contributed by atoms with Crippen molar-refractivity contribution < 1.29 is 9.84 Å². The molecule has 0 spiro atoms. The van der Waals surface area contributed by atoms with Crippen LogP contribution in [0.3, 0.4) is 0 Å². The van der Waals surface area contributed by atoms with E-state index in [9.17, 15) is 5.11 Å². The Morgan fingerprint density at radius 1 is 1.25 bits per heavy atom. The molecule has 1 atom stereocenters. The summed E-state index contributed by atoms with van der Waals surface area (Å²) in [7, 11) is 0. The molecule has 1 aromatic heterocycles. The number of aromatic nitrogens is 3. The molecule has 5 heteroatoms. The van der Waals surface area contributed by atoms with Gasteiger partial charge in [0.2, 0.25) is 0 Å². The fourth-order valence-electron chi connectivity index (χ4n) is 2.00. The SMILES string of the molecule is CC(C)Cn1ncnc1COc1ccccc1C(C)O. The average Bonchev–Trinajstić information content (AvgIpc) is 2.83. The van der Waals surface area contributed by atoms with Crippen molar-refractivity contribution in [3.63, 3.8) is 0 Å². The fraction of sp³-hybridized carbons (Fsp3) is 0.467. The summed E-state index contributed by atoms with van der Waals surface area (Å²) in [5.74, 6) is 1.97. The summed E-state index contributed by atoms with van der Waals surface area (Å²) in [6, 6.07) is 7.49. The summed E-state index contributed by atoms with van der Waals surface area (Å²) < 4.78 is 7.64. The number of benzene rings is 1. The molecule has 0 aliphatic heterocycles. The van der Waals surface area contributed by atoms with Gasteiger partial charge in [-0.15, -0.1) is 0 Å². The highest BCUT2D eigenvalue weighted by atomic mass is 16.5. The van der Waals surface area contributed by atoms with Crippen molar-refractivity contribution in [2.45, 2.75) is 40.0 Å². The highest BCUT2D eigenvalue weighted by Gasteiger charge is 2.11. The Bertz CT molecular complexity index is 550. The van der Waals surface area contributed by atoms with Crippen LogP contribution in [0.5, 0.6) is 5.75 Å². The van der Waals surface area contributed by atoms with Gasteiger partial charge < -0.3 is 9.84 Å². The third kappa shape index (κ3) is 3.57. The molecule has 0 saturated heterocycles. The second kappa shape index (κ2) is 6.52. The average molecular weight is 275 g/mol. The van der Waals surface area contributed by atoms with E-state index in [0.29, 0.717) is 18.3 Å². The lowest BCUT2D eigenvalue weighted by atomic mass is 10.1. The molecule has 108 valence electrons. The molecule has 0 bridgehead atoms. The van der Waals surface area contributed by atoms with Crippen molar-refractivity contribution >= 4 is 0 Å². The summed E-state index contributed by atoms with van der Waals surface area (Å²) in [5.41, 5.74) is 0.780. The smallest absolute Gasteiger partial charge is 0.164 e. The van der Waals surface area contributed by atoms with E-state index >= 15 is 0 Å². The molecule has 1 unspecified atom stereocenters. The third-order valence-corrected chi connectivity index (χ3v) is 2.96. The van der Waals surface area contributed by atoms with Crippen molar-refractivity contribution in [2.24, 2.45) is 5.92 Å². The van der Waals surface area contributed by atoms with Gasteiger partial charge in [0, 0.05) is 12.1 Å². The summed E-state index contributed by atoms with van der Waals surface area (Å²) in [4.78, 5) is 4.22. The van der Waals surface area contributed by atoms with E-state index in [1.165, 1.54) is 0 Å². The van der Waals surface area contributed by atoms with Crippen LogP contribution in [0.2, 0.25) is 0 Å². The maximum absolute atomic E-state index is 9.72. The largest absolute Gasteiger partial charge is 0.485 e. The van der Waals surface area contributed by atoms with Crippen LogP contribution in [0, 0.1) is 5.92 Å². The lowest BCUT2D eigenvalue weighted by molar-refractivity contribution is 0.189. The Morgan fingerprint density at radius 3 is 2.70 bits per heavy atom. The summed E-state index contributed by atoms with van der Waals surface area (Å²) in [5, 5.41) is 13.9. The van der Waals surface area contributed by atoms with Gasteiger partial charge in [0.15, 0.2) is 5.82 Å². The molecule has 1 N–H and O–H groups in total. The molecule has 0 saturated carbocycles. The Morgan fingerprint density at radius 2 is 2.00 bits per heavy atom. The van der Waals surface area contributed by atoms with Crippen molar-refractivity contribution in [1.29, 1.82) is 0 Å². The van der Waals surface area contributed by atoms with Crippen molar-refractivity contribution in [3.8, 4) is 5.75 Å². The van der Waals surface area contributed by atoms with Crippen LogP contribution in [0.1, 0.15) is 38.3 Å². The van der Waals surface area contributed by atoms with Gasteiger partial charge in [-0.1, -0.05) is 32.0 Å². The first-order valence-corrected chi connectivity index (χ1v) is 6.84. The van der Waals surface area contributed by atoms with Gasteiger partial charge in [0.05, 0.1) is 6.10 Å². The molecular weight excluding hydrogens is 254 g/mol. The maximum Gasteiger partial charge on any atom is 0.164 e. The number of hydrogen-bond donors (Lipinski definition) is 1. The number of aliphatic hydroxyl groups is 1. The molecule has 20 heavy (non-hydrogen) atoms. The van der Waals surface area contributed by atoms with Crippen molar-refractivity contribution in [1.82, 2.24) is 14.8 Å². The van der Waals surface area contributed by atoms with Gasteiger partial charge in [-0.05, 0) is 18.9 Å². The first kappa shape index (κ1) is 14.5. The molecular formula is C15H21N3O2. The second-order valence-electron chi connectivity index (χ2n) is 5.25. The fourth-order valence-corrected chi connectivity index (χ4v) is 2.00. The Balaban J connectivity index is 2.08. The van der Waals surface area contributed by atoms with Gasteiger partial charge in [-0.3, -0.25) is 0 Å². The second-order valence-corrected chi connectivity index (χ2v) is 5.25. The van der Waals surface area contributed by atoms with E-state index in [1.807, 2.05) is 28.9 Å². The van der Waals surface area contributed by atoms with Gasteiger partial charge in [-0.25, -0.2) is 9.67 Å². The molecule has 0 aliphatic carbocycles. The monoisotopic (exact) mass is 275 g/mol. The number of aliphatic hydroxyl groups excluding tert-OH is 1. The van der Waals surface area contributed by atoms with Crippen LogP contribution in [-0.4, -0.2) is 19.9 Å². The molecule has 2 rings (SSSR count). The predicted octanol–water partition coefficient (Wildman–Crippen LogP) is 2.57. The minimum absolute atomic E-state index is 0.344. The molecule has 5 nitrogen and oxygen atoms in total. The van der Waals surface area contributed by atoms with Gasteiger partial charge >= 0.3 is 0 Å². The van der Waals surface area contributed by atoms with E-state index in [4.69, 9.17) is 4.74 Å². The number of rotatable bonds is 6. The number of hydrogen-bond acceptors (Lipinski definition) is 4. The van der Waals surface area contributed by atoms with Crippen molar-refractivity contribution in [2.75, 3.05) is 0 Å². The standard InChI is InChI=1S/C15H21N3O2/c1-11(2)8-18-15(16-10-17-18)9-20-14-7-5-4-6-13(14)12(3)19/h4-7,10-12,19H,8-9H2,1-3H3. The van der Waals surface area contributed by atoms with E-state index in [0.717, 1.165) is 17.9 Å². The van der Waals surface area contributed by atoms with Crippen LogP contribution in [-0.2, 0) is 13.2 Å². The number of ether oxygens (including phenoxy) is 1. The highest BCUT2D eigenvalue weighted by Crippen LogP contribution is 2.25. The van der Waals surface area contributed by atoms with Crippen molar-refractivity contribution in [3.05, 3.63) is 42.0 Å². The zero-order chi connectivity index (χ0) is 14.5. The molecule has 1 aromatic carbocycles. The van der Waals surface area contributed by atoms with Crippen LogP contribution < -0.4 is 4.74 Å². The molecule has 0 amide bonds. The predicted molar refractivity (Wildman–Crippen MR) is 76.3 cm³/mol. The molecule has 0 aliphatic rings. The summed E-state index contributed by atoms with van der Waals surface area (Å²) >= 11 is 0. The van der Waals surface area contributed by atoms with Gasteiger partial charge in [0.1, 0.15) is 18.7 Å². The first-order valence-electron chi connectivity index (χ1n) is 6.84. The minimum Gasteiger partial charge on any atom is -0.485 e. The lowest BCUT2D eigenvalue weighted by Gasteiger charge is -2.14. The van der Waals surface area contributed by atoms with Gasteiger partial charge in [0.25, 0.3) is 0 Å². The minimum atomic E-state index is -0.556. The maximum atomic E-state index is 9.72. The Kier molecular flexibility index (Phi) is 4.74. The topological polar surface area (TPSA) is 60.2 Å². The molecule has 2 aromatic rings. The van der Waals surface area contributed by atoms with Crippen LogP contribution >= 0.6 is 0 Å². The van der Waals surface area contributed by atoms with Crippen LogP contribution in [0.25, 0.3) is 0 Å². The third-order valence-electron chi connectivity index (χ3n) is 2.96. The normalized spacial score (nSPS) is 12.7. The molecule has 0 fully saturated rings. The highest BCUT2D eigenvalue weighted by molar-refractivity contribution is 5.34. The lowest BCUT2D eigenvalue weighted by Crippen LogP contribution is -2.12. The van der Waals surface area contributed by atoms with E-state index in [2.05, 4.69) is 23.9 Å². The van der Waals surface area contributed by atoms with E-state index < -0.39 is 6.10 Å². The Labute approximate surface area is 119 Å². The number of nitrogens with zero attached hydrogens (tertiary/aromatic N) is 3. The van der Waals surface area contributed by atoms with Crippen LogP contribution in [0.15, 0.2) is 30.6 Å². The van der Waals surface area contributed by atoms with E-state index in [-0.39, 0.29) is 0 Å². The molecule has 1 heterocycles. The Hall–Kier alpha value is -1.88. The quantitative estimate of drug-likeness (QED) is 0.880. The first-order chi connectivity index (χ1) is 9.58. The zero-order valence-electron chi connectivity index (χ0n) is 12.2. The number of para-hydroxylation sites is 1. The van der Waals surface area contributed by atoms with Crippen LogP contribution in [0.4, 0.5) is 0 Å². The molecule has 0 radical (unpaired) electrons. The summed E-state index contributed by atoms with van der Waals surface area (Å²) in [6.45, 7) is 7.15. The van der Waals surface area contributed by atoms with Gasteiger partial charge in [-0.2, -0.15) is 5.10 Å². The zero-order valence-corrected chi connectivity index (χ0v) is 12.2. The van der Waals surface area contributed by atoms with E-state index in [1.54, 1.807) is 13.3 Å².